The first-order valence-corrected chi connectivity index (χ1v) is 5.33. The Bertz CT molecular complexity index is 351. The van der Waals surface area contributed by atoms with E-state index in [1.165, 1.54) is 0 Å². The molecule has 82 valence electrons. The van der Waals surface area contributed by atoms with Gasteiger partial charge in [0, 0.05) is 6.04 Å². The average Bonchev–Trinajstić information content (AvgIpc) is 2.40. The van der Waals surface area contributed by atoms with E-state index in [-0.39, 0.29) is 6.04 Å². The summed E-state index contributed by atoms with van der Waals surface area (Å²) in [5.74, 6) is 0.862. The van der Waals surface area contributed by atoms with Gasteiger partial charge < -0.3 is 15.6 Å². The molecule has 0 bridgehead atoms. The minimum absolute atomic E-state index is 0.154. The number of ether oxygens (including phenoxy) is 1. The van der Waals surface area contributed by atoms with Crippen LogP contribution in [0, 0.1) is 0 Å². The monoisotopic (exact) mass is 207 g/mol. The molecule has 2 rings (SSSR count). The number of aliphatic hydroxyl groups is 1. The largest absolute Gasteiger partial charge is 0.496 e. The van der Waals surface area contributed by atoms with E-state index in [9.17, 15) is 5.11 Å². The van der Waals surface area contributed by atoms with Crippen LogP contribution in [0.15, 0.2) is 18.2 Å². The number of hydrogen-bond acceptors (Lipinski definition) is 3. The molecule has 0 spiro atoms. The Morgan fingerprint density at radius 2 is 2.27 bits per heavy atom. The number of benzene rings is 1. The molecule has 3 heteroatoms. The topological polar surface area (TPSA) is 55.5 Å². The van der Waals surface area contributed by atoms with E-state index in [1.54, 1.807) is 7.11 Å². The Kier molecular flexibility index (Phi) is 2.93. The van der Waals surface area contributed by atoms with E-state index in [4.69, 9.17) is 10.5 Å². The molecule has 2 atom stereocenters. The lowest BCUT2D eigenvalue weighted by Gasteiger charge is -2.18. The molecule has 0 radical (unpaired) electrons. The summed E-state index contributed by atoms with van der Waals surface area (Å²) in [5, 5.41) is 10.0. The summed E-state index contributed by atoms with van der Waals surface area (Å²) >= 11 is 0. The van der Waals surface area contributed by atoms with E-state index >= 15 is 0 Å². The zero-order valence-corrected chi connectivity index (χ0v) is 8.94. The van der Waals surface area contributed by atoms with Gasteiger partial charge in [0.15, 0.2) is 0 Å². The van der Waals surface area contributed by atoms with Gasteiger partial charge in [-0.2, -0.15) is 0 Å². The third-order valence-corrected chi connectivity index (χ3v) is 3.08. The van der Waals surface area contributed by atoms with Crippen molar-refractivity contribution < 1.29 is 9.84 Å². The van der Waals surface area contributed by atoms with Crippen molar-refractivity contribution in [2.24, 2.45) is 5.73 Å². The number of fused-ring (bicyclic) bond motifs is 1. The molecule has 15 heavy (non-hydrogen) atoms. The number of rotatable bonds is 1. The van der Waals surface area contributed by atoms with Crippen molar-refractivity contribution in [2.75, 3.05) is 7.11 Å². The van der Waals surface area contributed by atoms with Crippen LogP contribution in [0.3, 0.4) is 0 Å². The van der Waals surface area contributed by atoms with Gasteiger partial charge in [0.1, 0.15) is 5.75 Å². The Morgan fingerprint density at radius 1 is 1.47 bits per heavy atom. The molecule has 1 aliphatic rings. The van der Waals surface area contributed by atoms with Gasteiger partial charge in [-0.3, -0.25) is 0 Å². The molecule has 0 heterocycles. The van der Waals surface area contributed by atoms with Crippen LogP contribution >= 0.6 is 0 Å². The second kappa shape index (κ2) is 4.21. The summed E-state index contributed by atoms with van der Waals surface area (Å²) in [6.07, 6.45) is 2.24. The lowest BCUT2D eigenvalue weighted by molar-refractivity contribution is 0.144. The van der Waals surface area contributed by atoms with Gasteiger partial charge in [-0.05, 0) is 36.5 Å². The summed E-state index contributed by atoms with van der Waals surface area (Å²) < 4.78 is 5.30. The maximum absolute atomic E-state index is 10.0. The fourth-order valence-corrected chi connectivity index (χ4v) is 2.22. The van der Waals surface area contributed by atoms with E-state index in [0.29, 0.717) is 0 Å². The highest BCUT2D eigenvalue weighted by atomic mass is 16.5. The van der Waals surface area contributed by atoms with Crippen LogP contribution in [-0.2, 0) is 6.42 Å². The summed E-state index contributed by atoms with van der Waals surface area (Å²) in [4.78, 5) is 0. The number of aliphatic hydroxyl groups excluding tert-OH is 1. The van der Waals surface area contributed by atoms with E-state index in [0.717, 1.165) is 36.1 Å². The average molecular weight is 207 g/mol. The highest BCUT2D eigenvalue weighted by Gasteiger charge is 2.24. The van der Waals surface area contributed by atoms with Crippen LogP contribution in [0.5, 0.6) is 5.75 Å². The predicted molar refractivity (Wildman–Crippen MR) is 58.9 cm³/mol. The fraction of sp³-hybridized carbons (Fsp3) is 0.500. The van der Waals surface area contributed by atoms with Gasteiger partial charge in [0.05, 0.1) is 13.2 Å². The highest BCUT2D eigenvalue weighted by Crippen LogP contribution is 2.33. The Morgan fingerprint density at radius 3 is 3.00 bits per heavy atom. The highest BCUT2D eigenvalue weighted by molar-refractivity contribution is 5.42. The lowest BCUT2D eigenvalue weighted by Crippen LogP contribution is -2.27. The first-order chi connectivity index (χ1) is 7.24. The summed E-state index contributed by atoms with van der Waals surface area (Å²) in [6, 6.07) is 5.62. The SMILES string of the molecule is COc1cccc2c1CCCC(N)C2O. The molecule has 2 unspecified atom stereocenters. The molecular formula is C12H17NO2. The van der Waals surface area contributed by atoms with Crippen molar-refractivity contribution >= 4 is 0 Å². The molecule has 0 aromatic heterocycles. The minimum Gasteiger partial charge on any atom is -0.496 e. The van der Waals surface area contributed by atoms with Crippen LogP contribution in [0.4, 0.5) is 0 Å². The van der Waals surface area contributed by atoms with Gasteiger partial charge in [-0.25, -0.2) is 0 Å². The van der Waals surface area contributed by atoms with Crippen molar-refractivity contribution in [1.29, 1.82) is 0 Å². The molecule has 0 amide bonds. The van der Waals surface area contributed by atoms with Crippen LogP contribution < -0.4 is 10.5 Å². The molecule has 1 aromatic carbocycles. The Balaban J connectivity index is 2.47. The van der Waals surface area contributed by atoms with E-state index in [2.05, 4.69) is 0 Å². The van der Waals surface area contributed by atoms with Crippen molar-refractivity contribution in [3.05, 3.63) is 29.3 Å². The number of hydrogen-bond donors (Lipinski definition) is 2. The van der Waals surface area contributed by atoms with Crippen molar-refractivity contribution in [2.45, 2.75) is 31.4 Å². The molecule has 3 nitrogen and oxygen atoms in total. The normalized spacial score (nSPS) is 25.5. The molecule has 3 N–H and O–H groups in total. The van der Waals surface area contributed by atoms with E-state index in [1.807, 2.05) is 18.2 Å². The molecule has 1 aliphatic carbocycles. The fourth-order valence-electron chi connectivity index (χ4n) is 2.22. The van der Waals surface area contributed by atoms with Crippen molar-refractivity contribution in [3.63, 3.8) is 0 Å². The maximum Gasteiger partial charge on any atom is 0.122 e. The summed E-state index contributed by atoms with van der Waals surface area (Å²) in [5.41, 5.74) is 7.94. The zero-order valence-electron chi connectivity index (χ0n) is 8.94. The van der Waals surface area contributed by atoms with Crippen LogP contribution in [-0.4, -0.2) is 18.3 Å². The predicted octanol–water partition coefficient (Wildman–Crippen LogP) is 1.39. The number of nitrogens with two attached hydrogens (primary N) is 1. The Labute approximate surface area is 89.9 Å². The smallest absolute Gasteiger partial charge is 0.122 e. The van der Waals surface area contributed by atoms with Gasteiger partial charge in [0.25, 0.3) is 0 Å². The minimum atomic E-state index is -0.558. The molecule has 0 saturated heterocycles. The summed E-state index contributed by atoms with van der Waals surface area (Å²) in [6.45, 7) is 0. The third-order valence-electron chi connectivity index (χ3n) is 3.08. The molecule has 0 fully saturated rings. The number of methoxy groups -OCH3 is 1. The standard InChI is InChI=1S/C12H17NO2/c1-15-11-7-3-5-9-8(11)4-2-6-10(13)12(9)14/h3,5,7,10,12,14H,2,4,6,13H2,1H3. The second-order valence-electron chi connectivity index (χ2n) is 4.03. The maximum atomic E-state index is 10.0. The van der Waals surface area contributed by atoms with Gasteiger partial charge in [-0.1, -0.05) is 12.1 Å². The van der Waals surface area contributed by atoms with Crippen molar-refractivity contribution in [3.8, 4) is 5.75 Å². The second-order valence-corrected chi connectivity index (χ2v) is 4.03. The summed E-state index contributed by atoms with van der Waals surface area (Å²) in [7, 11) is 1.66. The van der Waals surface area contributed by atoms with Crippen LogP contribution in [0.2, 0.25) is 0 Å². The van der Waals surface area contributed by atoms with Gasteiger partial charge in [0.2, 0.25) is 0 Å². The van der Waals surface area contributed by atoms with E-state index < -0.39 is 6.10 Å². The van der Waals surface area contributed by atoms with Crippen LogP contribution in [0.1, 0.15) is 30.1 Å². The molecule has 0 aliphatic heterocycles. The first-order valence-electron chi connectivity index (χ1n) is 5.33. The Hall–Kier alpha value is -1.06. The van der Waals surface area contributed by atoms with Crippen molar-refractivity contribution in [1.82, 2.24) is 0 Å². The lowest BCUT2D eigenvalue weighted by atomic mass is 9.98. The van der Waals surface area contributed by atoms with Crippen LogP contribution in [0.25, 0.3) is 0 Å². The molecular weight excluding hydrogens is 190 g/mol. The third kappa shape index (κ3) is 1.85. The zero-order chi connectivity index (χ0) is 10.8. The first kappa shape index (κ1) is 10.5. The van der Waals surface area contributed by atoms with Gasteiger partial charge >= 0.3 is 0 Å². The quantitative estimate of drug-likeness (QED) is 0.684. The molecule has 1 aromatic rings. The van der Waals surface area contributed by atoms with Gasteiger partial charge in [-0.15, -0.1) is 0 Å². The molecule has 0 saturated carbocycles.